The quantitative estimate of drug-likeness (QED) is 0.496. The summed E-state index contributed by atoms with van der Waals surface area (Å²) in [4.78, 5) is 28.5. The van der Waals surface area contributed by atoms with Crippen molar-refractivity contribution in [3.63, 3.8) is 0 Å². The Labute approximate surface area is 198 Å². The van der Waals surface area contributed by atoms with E-state index < -0.39 is 6.10 Å². The molecular formula is C26H28ClN3O3. The lowest BCUT2D eigenvalue weighted by molar-refractivity contribution is 0.0783. The van der Waals surface area contributed by atoms with Crippen LogP contribution < -0.4 is 10.9 Å². The first-order chi connectivity index (χ1) is 15.9. The highest BCUT2D eigenvalue weighted by molar-refractivity contribution is 6.30. The number of aliphatic hydroxyl groups excluding tert-OH is 1. The van der Waals surface area contributed by atoms with Gasteiger partial charge in [-0.2, -0.15) is 0 Å². The van der Waals surface area contributed by atoms with E-state index in [-0.39, 0.29) is 23.6 Å². The van der Waals surface area contributed by atoms with Crippen LogP contribution in [0.3, 0.4) is 0 Å². The molecule has 0 saturated carbocycles. The summed E-state index contributed by atoms with van der Waals surface area (Å²) in [6, 6.07) is 20.2. The Hall–Kier alpha value is -2.93. The van der Waals surface area contributed by atoms with E-state index in [4.69, 9.17) is 11.6 Å². The second-order valence-corrected chi connectivity index (χ2v) is 9.08. The Balaban J connectivity index is 1.31. The normalized spacial score (nSPS) is 18.8. The smallest absolute Gasteiger partial charge is 0.253 e. The van der Waals surface area contributed by atoms with Gasteiger partial charge >= 0.3 is 0 Å². The molecule has 3 aromatic rings. The summed E-state index contributed by atoms with van der Waals surface area (Å²) in [6.07, 6.45) is 2.15. The number of aromatic nitrogens is 1. The van der Waals surface area contributed by atoms with Gasteiger partial charge in [-0.25, -0.2) is 0 Å². The van der Waals surface area contributed by atoms with Crippen LogP contribution in [0.4, 0.5) is 0 Å². The predicted octanol–water partition coefficient (Wildman–Crippen LogP) is 3.70. The Bertz CT molecular complexity index is 1140. The molecule has 3 N–H and O–H groups in total. The lowest BCUT2D eigenvalue weighted by atomic mass is 10.0. The molecular weight excluding hydrogens is 438 g/mol. The van der Waals surface area contributed by atoms with Gasteiger partial charge in [-0.05, 0) is 60.7 Å². The molecule has 2 heterocycles. The van der Waals surface area contributed by atoms with E-state index in [2.05, 4.69) is 10.3 Å². The van der Waals surface area contributed by atoms with Crippen molar-refractivity contribution in [3.05, 3.63) is 104 Å². The van der Waals surface area contributed by atoms with Crippen LogP contribution in [-0.4, -0.2) is 40.0 Å². The van der Waals surface area contributed by atoms with Gasteiger partial charge in [0.05, 0.1) is 12.6 Å². The summed E-state index contributed by atoms with van der Waals surface area (Å²) in [5, 5.41) is 14.9. The number of hydrogen-bond donors (Lipinski definition) is 3. The summed E-state index contributed by atoms with van der Waals surface area (Å²) >= 11 is 5.95. The van der Waals surface area contributed by atoms with E-state index in [1.807, 2.05) is 36.4 Å². The number of aromatic amines is 1. The molecule has 172 valence electrons. The number of carbonyl (C=O) groups excluding carboxylic acids is 1. The Morgan fingerprint density at radius 1 is 1.09 bits per heavy atom. The van der Waals surface area contributed by atoms with Gasteiger partial charge in [0.25, 0.3) is 5.91 Å². The number of pyridine rings is 1. The number of H-pyrrole nitrogens is 1. The Kier molecular flexibility index (Phi) is 7.28. The molecule has 7 heteroatoms. The molecule has 0 radical (unpaired) electrons. The molecule has 1 aliphatic heterocycles. The Morgan fingerprint density at radius 3 is 2.52 bits per heavy atom. The van der Waals surface area contributed by atoms with Crippen LogP contribution >= 0.6 is 11.6 Å². The van der Waals surface area contributed by atoms with Crippen molar-refractivity contribution in [1.29, 1.82) is 0 Å². The summed E-state index contributed by atoms with van der Waals surface area (Å²) in [7, 11) is 1.72. The van der Waals surface area contributed by atoms with Crippen LogP contribution in [0.5, 0.6) is 0 Å². The van der Waals surface area contributed by atoms with Crippen LogP contribution in [0.1, 0.15) is 46.1 Å². The fourth-order valence-electron chi connectivity index (χ4n) is 4.35. The molecule has 1 aromatic heterocycles. The number of rotatable bonds is 7. The standard InChI is InChI=1S/C26H28ClN3O3/c1-30(16-22-3-2-4-24(31)29-22)26(33)19-7-5-17(6-8-19)15-21-13-14-23(28-21)25(32)18-9-11-20(27)12-10-18/h2-12,21,23,25,28,32H,13-16H2,1H3,(H,29,31)/t21-,23+,25+/m0/s1. The van der Waals surface area contributed by atoms with Gasteiger partial charge in [0.1, 0.15) is 0 Å². The highest BCUT2D eigenvalue weighted by Gasteiger charge is 2.30. The Morgan fingerprint density at radius 2 is 1.82 bits per heavy atom. The molecule has 0 spiro atoms. The van der Waals surface area contributed by atoms with Crippen LogP contribution in [0, 0.1) is 0 Å². The van der Waals surface area contributed by atoms with Crippen LogP contribution in [-0.2, 0) is 13.0 Å². The number of aliphatic hydroxyl groups is 1. The van der Waals surface area contributed by atoms with E-state index in [1.54, 1.807) is 36.2 Å². The predicted molar refractivity (Wildman–Crippen MR) is 129 cm³/mol. The molecule has 0 aliphatic carbocycles. The highest BCUT2D eigenvalue weighted by Crippen LogP contribution is 2.27. The van der Waals surface area contributed by atoms with E-state index in [0.29, 0.717) is 22.8 Å². The first kappa shape index (κ1) is 23.2. The van der Waals surface area contributed by atoms with Gasteiger partial charge in [-0.3, -0.25) is 9.59 Å². The second kappa shape index (κ2) is 10.3. The van der Waals surface area contributed by atoms with Crippen molar-refractivity contribution in [2.45, 2.75) is 44.0 Å². The third kappa shape index (κ3) is 5.90. The second-order valence-electron chi connectivity index (χ2n) is 8.65. The number of nitrogens with one attached hydrogen (secondary N) is 2. The number of amides is 1. The van der Waals surface area contributed by atoms with Gasteiger partial charge < -0.3 is 20.3 Å². The van der Waals surface area contributed by atoms with Crippen molar-refractivity contribution in [3.8, 4) is 0 Å². The largest absolute Gasteiger partial charge is 0.387 e. The molecule has 6 nitrogen and oxygen atoms in total. The third-order valence-corrected chi connectivity index (χ3v) is 6.39. The molecule has 1 saturated heterocycles. The van der Waals surface area contributed by atoms with Crippen molar-refractivity contribution in [1.82, 2.24) is 15.2 Å². The van der Waals surface area contributed by atoms with Crippen molar-refractivity contribution < 1.29 is 9.90 Å². The molecule has 0 unspecified atom stereocenters. The van der Waals surface area contributed by atoms with Gasteiger partial charge in [0.2, 0.25) is 5.56 Å². The molecule has 1 aliphatic rings. The monoisotopic (exact) mass is 465 g/mol. The summed E-state index contributed by atoms with van der Waals surface area (Å²) in [6.45, 7) is 0.333. The zero-order valence-corrected chi connectivity index (χ0v) is 19.3. The van der Waals surface area contributed by atoms with E-state index in [0.717, 1.165) is 30.4 Å². The molecule has 0 bridgehead atoms. The van der Waals surface area contributed by atoms with Gasteiger partial charge in [0.15, 0.2) is 0 Å². The van der Waals surface area contributed by atoms with E-state index in [1.165, 1.54) is 6.07 Å². The minimum Gasteiger partial charge on any atom is -0.387 e. The zero-order chi connectivity index (χ0) is 23.4. The van der Waals surface area contributed by atoms with Gasteiger partial charge in [-0.15, -0.1) is 0 Å². The minimum absolute atomic E-state index is 0.00936. The first-order valence-electron chi connectivity index (χ1n) is 11.1. The topological polar surface area (TPSA) is 85.4 Å². The fraction of sp³-hybridized carbons (Fsp3) is 0.308. The number of hydrogen-bond acceptors (Lipinski definition) is 4. The van der Waals surface area contributed by atoms with Crippen molar-refractivity contribution in [2.24, 2.45) is 0 Å². The summed E-state index contributed by atoms with van der Waals surface area (Å²) in [5.74, 6) is -0.101. The highest BCUT2D eigenvalue weighted by atomic mass is 35.5. The third-order valence-electron chi connectivity index (χ3n) is 6.13. The van der Waals surface area contributed by atoms with Crippen LogP contribution in [0.15, 0.2) is 71.5 Å². The number of carbonyl (C=O) groups is 1. The average molecular weight is 466 g/mol. The summed E-state index contributed by atoms with van der Waals surface area (Å²) < 4.78 is 0. The first-order valence-corrected chi connectivity index (χ1v) is 11.5. The number of nitrogens with zero attached hydrogens (tertiary/aromatic N) is 1. The number of benzene rings is 2. The maximum Gasteiger partial charge on any atom is 0.253 e. The van der Waals surface area contributed by atoms with E-state index in [9.17, 15) is 14.7 Å². The van der Waals surface area contributed by atoms with Crippen LogP contribution in [0.25, 0.3) is 0 Å². The molecule has 2 aromatic carbocycles. The molecule has 3 atom stereocenters. The molecule has 1 amide bonds. The molecule has 4 rings (SSSR count). The van der Waals surface area contributed by atoms with E-state index >= 15 is 0 Å². The minimum atomic E-state index is -0.567. The lowest BCUT2D eigenvalue weighted by Gasteiger charge is -2.21. The van der Waals surface area contributed by atoms with Crippen molar-refractivity contribution in [2.75, 3.05) is 7.05 Å². The SMILES string of the molecule is CN(Cc1cccc(=O)[nH]1)C(=O)c1ccc(C[C@@H]2CC[C@H]([C@H](O)c3ccc(Cl)cc3)N2)cc1. The van der Waals surface area contributed by atoms with Gasteiger partial charge in [-0.1, -0.05) is 41.9 Å². The maximum absolute atomic E-state index is 12.7. The average Bonchev–Trinajstić information content (AvgIpc) is 3.27. The zero-order valence-electron chi connectivity index (χ0n) is 18.5. The molecule has 1 fully saturated rings. The number of halogens is 1. The summed E-state index contributed by atoms with van der Waals surface area (Å²) in [5.41, 5.74) is 3.12. The molecule has 33 heavy (non-hydrogen) atoms. The fourth-order valence-corrected chi connectivity index (χ4v) is 4.48. The van der Waals surface area contributed by atoms with Gasteiger partial charge in [0, 0.05) is 41.5 Å². The van der Waals surface area contributed by atoms with Crippen LogP contribution in [0.2, 0.25) is 5.02 Å². The maximum atomic E-state index is 12.7. The lowest BCUT2D eigenvalue weighted by Crippen LogP contribution is -2.35. The van der Waals surface area contributed by atoms with Crippen molar-refractivity contribution >= 4 is 17.5 Å².